The minimum atomic E-state index is -0.146. The second-order valence-electron chi connectivity index (χ2n) is 7.09. The Morgan fingerprint density at radius 1 is 1.11 bits per heavy atom. The predicted molar refractivity (Wildman–Crippen MR) is 113 cm³/mol. The second kappa shape index (κ2) is 8.23. The molecule has 1 unspecified atom stereocenters. The number of amides is 1. The van der Waals surface area contributed by atoms with Gasteiger partial charge in [-0.25, -0.2) is 4.98 Å². The number of aromatic nitrogens is 1. The van der Waals surface area contributed by atoms with E-state index < -0.39 is 0 Å². The first kappa shape index (κ1) is 18.2. The zero-order valence-corrected chi connectivity index (χ0v) is 15.9. The molecule has 1 fully saturated rings. The average Bonchev–Trinajstić information content (AvgIpc) is 2.75. The normalized spacial score (nSPS) is 16.6. The van der Waals surface area contributed by atoms with Crippen LogP contribution < -0.4 is 15.5 Å². The van der Waals surface area contributed by atoms with Gasteiger partial charge in [-0.15, -0.1) is 0 Å². The topological polar surface area (TPSA) is 57.3 Å². The molecule has 2 heterocycles. The van der Waals surface area contributed by atoms with Crippen molar-refractivity contribution in [3.8, 4) is 0 Å². The quantitative estimate of drug-likeness (QED) is 0.732. The highest BCUT2D eigenvalue weighted by Crippen LogP contribution is 2.21. The number of benzene rings is 2. The van der Waals surface area contributed by atoms with E-state index in [2.05, 4.69) is 44.8 Å². The molecule has 0 spiro atoms. The summed E-state index contributed by atoms with van der Waals surface area (Å²) in [5.41, 5.74) is 3.74. The fraction of sp³-hybridized carbons (Fsp3) is 0.217. The number of carbonyl (C=O) groups is 1. The predicted octanol–water partition coefficient (Wildman–Crippen LogP) is 3.79. The van der Waals surface area contributed by atoms with Crippen molar-refractivity contribution < 1.29 is 4.79 Å². The molecule has 1 aliphatic heterocycles. The molecule has 0 saturated carbocycles. The lowest BCUT2D eigenvalue weighted by Crippen LogP contribution is -2.46. The second-order valence-corrected chi connectivity index (χ2v) is 7.09. The Labute approximate surface area is 165 Å². The highest BCUT2D eigenvalue weighted by atomic mass is 16.1. The number of nitrogens with zero attached hydrogens (tertiary/aromatic N) is 2. The molecule has 0 aliphatic carbocycles. The maximum absolute atomic E-state index is 12.5. The summed E-state index contributed by atoms with van der Waals surface area (Å²) in [6, 6.07) is 22.3. The van der Waals surface area contributed by atoms with Crippen LogP contribution in [-0.4, -0.2) is 30.5 Å². The fourth-order valence-electron chi connectivity index (χ4n) is 3.50. The Morgan fingerprint density at radius 3 is 2.71 bits per heavy atom. The molecule has 1 aliphatic rings. The number of carbonyl (C=O) groups excluding carboxylic acids is 1. The van der Waals surface area contributed by atoms with Crippen molar-refractivity contribution in [2.24, 2.45) is 0 Å². The minimum absolute atomic E-state index is 0.146. The third-order valence-electron chi connectivity index (χ3n) is 4.99. The van der Waals surface area contributed by atoms with Crippen molar-refractivity contribution in [3.05, 3.63) is 89.6 Å². The summed E-state index contributed by atoms with van der Waals surface area (Å²) < 4.78 is 0. The van der Waals surface area contributed by atoms with Crippen molar-refractivity contribution >= 4 is 17.4 Å². The van der Waals surface area contributed by atoms with E-state index in [0.29, 0.717) is 5.56 Å². The molecule has 4 rings (SSSR count). The first-order chi connectivity index (χ1) is 13.7. The van der Waals surface area contributed by atoms with Crippen molar-refractivity contribution in [2.75, 3.05) is 29.9 Å². The number of nitrogens with one attached hydrogen (secondary N) is 2. The van der Waals surface area contributed by atoms with Gasteiger partial charge in [-0.1, -0.05) is 42.5 Å². The molecule has 5 nitrogen and oxygen atoms in total. The Bertz CT molecular complexity index is 940. The molecule has 28 heavy (non-hydrogen) atoms. The average molecular weight is 372 g/mol. The van der Waals surface area contributed by atoms with E-state index in [0.717, 1.165) is 36.7 Å². The summed E-state index contributed by atoms with van der Waals surface area (Å²) in [6.07, 6.45) is 1.65. The number of pyridine rings is 1. The number of hydrogen-bond donors (Lipinski definition) is 2. The third-order valence-corrected chi connectivity index (χ3v) is 4.99. The van der Waals surface area contributed by atoms with E-state index in [1.807, 2.05) is 49.4 Å². The Kier molecular flexibility index (Phi) is 5.35. The van der Waals surface area contributed by atoms with Gasteiger partial charge in [0.2, 0.25) is 0 Å². The largest absolute Gasteiger partial charge is 0.353 e. The molecule has 1 aromatic heterocycles. The van der Waals surface area contributed by atoms with Crippen molar-refractivity contribution in [2.45, 2.75) is 13.0 Å². The van der Waals surface area contributed by atoms with Crippen molar-refractivity contribution in [3.63, 3.8) is 0 Å². The van der Waals surface area contributed by atoms with Crippen LogP contribution in [0.15, 0.2) is 72.9 Å². The lowest BCUT2D eigenvalue weighted by Gasteiger charge is -2.34. The van der Waals surface area contributed by atoms with Gasteiger partial charge >= 0.3 is 0 Å². The number of anilines is 2. The van der Waals surface area contributed by atoms with Crippen LogP contribution in [0.2, 0.25) is 0 Å². The van der Waals surface area contributed by atoms with Crippen LogP contribution in [0, 0.1) is 6.92 Å². The molecule has 1 saturated heterocycles. The number of rotatable bonds is 4. The van der Waals surface area contributed by atoms with E-state index in [1.54, 1.807) is 6.20 Å². The molecular formula is C23H24N4O. The van der Waals surface area contributed by atoms with Gasteiger partial charge in [-0.2, -0.15) is 0 Å². The molecule has 142 valence electrons. The zero-order valence-electron chi connectivity index (χ0n) is 15.9. The van der Waals surface area contributed by atoms with Gasteiger partial charge in [0.25, 0.3) is 5.91 Å². The molecule has 2 aromatic carbocycles. The van der Waals surface area contributed by atoms with E-state index in [4.69, 9.17) is 0 Å². The standard InChI is InChI=1S/C23H24N4O/c1-17-6-5-9-20(14-17)26-23(28)19-10-11-22(25-15-19)27-13-12-24-21(16-27)18-7-3-2-4-8-18/h2-11,14-15,21,24H,12-13,16H2,1H3,(H,26,28). The van der Waals surface area contributed by atoms with Crippen LogP contribution in [0.1, 0.15) is 27.5 Å². The van der Waals surface area contributed by atoms with Gasteiger partial charge in [0.05, 0.1) is 5.56 Å². The smallest absolute Gasteiger partial charge is 0.257 e. The summed E-state index contributed by atoms with van der Waals surface area (Å²) in [7, 11) is 0. The van der Waals surface area contributed by atoms with Gasteiger partial charge in [-0.3, -0.25) is 4.79 Å². The molecule has 1 amide bonds. The van der Waals surface area contributed by atoms with Gasteiger partial charge in [0, 0.05) is 37.6 Å². The monoisotopic (exact) mass is 372 g/mol. The van der Waals surface area contributed by atoms with Crippen molar-refractivity contribution in [1.82, 2.24) is 10.3 Å². The summed E-state index contributed by atoms with van der Waals surface area (Å²) in [5.74, 6) is 0.752. The van der Waals surface area contributed by atoms with E-state index in [1.165, 1.54) is 5.56 Å². The third kappa shape index (κ3) is 4.21. The first-order valence-electron chi connectivity index (χ1n) is 9.56. The number of aryl methyl sites for hydroxylation is 1. The summed E-state index contributed by atoms with van der Waals surface area (Å²) in [4.78, 5) is 19.3. The Hall–Kier alpha value is -3.18. The van der Waals surface area contributed by atoms with Gasteiger partial charge in [0.1, 0.15) is 5.82 Å². The Balaban J connectivity index is 1.43. The highest BCUT2D eigenvalue weighted by molar-refractivity contribution is 6.04. The van der Waals surface area contributed by atoms with E-state index in [9.17, 15) is 4.79 Å². The van der Waals surface area contributed by atoms with Crippen LogP contribution >= 0.6 is 0 Å². The van der Waals surface area contributed by atoms with Crippen LogP contribution in [0.25, 0.3) is 0 Å². The summed E-state index contributed by atoms with van der Waals surface area (Å²) in [6.45, 7) is 4.65. The summed E-state index contributed by atoms with van der Waals surface area (Å²) >= 11 is 0. The molecule has 5 heteroatoms. The van der Waals surface area contributed by atoms with Gasteiger partial charge in [0.15, 0.2) is 0 Å². The maximum atomic E-state index is 12.5. The van der Waals surface area contributed by atoms with Crippen LogP contribution in [0.5, 0.6) is 0 Å². The number of hydrogen-bond acceptors (Lipinski definition) is 4. The zero-order chi connectivity index (χ0) is 19.3. The van der Waals surface area contributed by atoms with Crippen LogP contribution in [0.4, 0.5) is 11.5 Å². The van der Waals surface area contributed by atoms with Crippen LogP contribution in [-0.2, 0) is 0 Å². The van der Waals surface area contributed by atoms with E-state index >= 15 is 0 Å². The first-order valence-corrected chi connectivity index (χ1v) is 9.56. The molecular weight excluding hydrogens is 348 g/mol. The minimum Gasteiger partial charge on any atom is -0.353 e. The van der Waals surface area contributed by atoms with Crippen LogP contribution in [0.3, 0.4) is 0 Å². The molecule has 0 radical (unpaired) electrons. The van der Waals surface area contributed by atoms with Crippen molar-refractivity contribution in [1.29, 1.82) is 0 Å². The van der Waals surface area contributed by atoms with Gasteiger partial charge in [-0.05, 0) is 42.3 Å². The van der Waals surface area contributed by atoms with E-state index in [-0.39, 0.29) is 11.9 Å². The number of piperazine rings is 1. The molecule has 1 atom stereocenters. The maximum Gasteiger partial charge on any atom is 0.257 e. The van der Waals surface area contributed by atoms with Gasteiger partial charge < -0.3 is 15.5 Å². The molecule has 2 N–H and O–H groups in total. The summed E-state index contributed by atoms with van der Waals surface area (Å²) in [5, 5.41) is 6.49. The Morgan fingerprint density at radius 2 is 1.96 bits per heavy atom. The lowest BCUT2D eigenvalue weighted by molar-refractivity contribution is 0.102. The SMILES string of the molecule is Cc1cccc(NC(=O)c2ccc(N3CCNC(c4ccccc4)C3)nc2)c1. The molecule has 3 aromatic rings. The fourth-order valence-corrected chi connectivity index (χ4v) is 3.50. The molecule has 0 bridgehead atoms. The lowest BCUT2D eigenvalue weighted by atomic mass is 10.0. The highest BCUT2D eigenvalue weighted by Gasteiger charge is 2.21.